The summed E-state index contributed by atoms with van der Waals surface area (Å²) in [5, 5.41) is 11.7. The van der Waals surface area contributed by atoms with Crippen LogP contribution in [-0.2, 0) is 9.53 Å². The molecule has 0 fully saturated rings. The van der Waals surface area contributed by atoms with Gasteiger partial charge in [-0.05, 0) is 26.3 Å². The zero-order chi connectivity index (χ0) is 15.3. The van der Waals surface area contributed by atoms with E-state index in [1.807, 2.05) is 30.3 Å². The molecule has 5 nitrogen and oxygen atoms in total. The zero-order valence-electron chi connectivity index (χ0n) is 12.2. The lowest BCUT2D eigenvalue weighted by atomic mass is 9.93. The normalized spacial score (nSPS) is 14.2. The average Bonchev–Trinajstić information content (AvgIpc) is 2.34. The Balaban J connectivity index is 2.80. The van der Waals surface area contributed by atoms with E-state index in [0.29, 0.717) is 0 Å². The Labute approximate surface area is 118 Å². The van der Waals surface area contributed by atoms with E-state index in [0.717, 1.165) is 5.56 Å². The van der Waals surface area contributed by atoms with Gasteiger partial charge in [0.2, 0.25) is 0 Å². The summed E-state index contributed by atoms with van der Waals surface area (Å²) in [6.45, 7) is 6.93. The number of alkyl carbamates (subject to hydrolysis) is 1. The van der Waals surface area contributed by atoms with Crippen LogP contribution in [0.4, 0.5) is 4.79 Å². The molecule has 0 unspecified atom stereocenters. The molecule has 20 heavy (non-hydrogen) atoms. The molecular weight excluding hydrogens is 258 g/mol. The van der Waals surface area contributed by atoms with Crippen molar-refractivity contribution in [1.82, 2.24) is 5.32 Å². The summed E-state index contributed by atoms with van der Waals surface area (Å²) in [5.74, 6) is -1.45. The molecule has 0 spiro atoms. The van der Waals surface area contributed by atoms with Crippen LogP contribution in [-0.4, -0.2) is 28.8 Å². The van der Waals surface area contributed by atoms with Crippen LogP contribution in [0.5, 0.6) is 0 Å². The lowest BCUT2D eigenvalue weighted by molar-refractivity contribution is -0.140. The van der Waals surface area contributed by atoms with Crippen molar-refractivity contribution in [3.05, 3.63) is 35.9 Å². The molecule has 1 aromatic carbocycles. The Morgan fingerprint density at radius 3 is 2.20 bits per heavy atom. The highest BCUT2D eigenvalue weighted by Gasteiger charge is 2.29. The predicted molar refractivity (Wildman–Crippen MR) is 75.7 cm³/mol. The number of benzene rings is 1. The van der Waals surface area contributed by atoms with Gasteiger partial charge in [0.15, 0.2) is 0 Å². The van der Waals surface area contributed by atoms with E-state index in [-0.39, 0.29) is 5.92 Å². The highest BCUT2D eigenvalue weighted by Crippen LogP contribution is 2.19. The van der Waals surface area contributed by atoms with Gasteiger partial charge in [-0.1, -0.05) is 37.3 Å². The molecule has 0 saturated carbocycles. The summed E-state index contributed by atoms with van der Waals surface area (Å²) < 4.78 is 5.09. The van der Waals surface area contributed by atoms with Crippen molar-refractivity contribution in [2.24, 2.45) is 0 Å². The van der Waals surface area contributed by atoms with E-state index < -0.39 is 23.7 Å². The molecule has 2 N–H and O–H groups in total. The maximum Gasteiger partial charge on any atom is 0.408 e. The number of nitrogens with one attached hydrogen (secondary N) is 1. The van der Waals surface area contributed by atoms with Crippen LogP contribution in [0.1, 0.15) is 39.2 Å². The molecule has 2 atom stereocenters. The standard InChI is InChI=1S/C15H21NO4/c1-10(11-8-6-5-7-9-11)12(13(17)18)16-14(19)20-15(2,3)4/h5-10,12H,1-4H3,(H,16,19)(H,17,18)/t10-,12+/m0/s1. The van der Waals surface area contributed by atoms with E-state index in [4.69, 9.17) is 4.74 Å². The molecule has 0 aliphatic heterocycles. The van der Waals surface area contributed by atoms with Crippen molar-refractivity contribution in [3.63, 3.8) is 0 Å². The first-order chi connectivity index (χ1) is 9.20. The molecule has 1 rings (SSSR count). The van der Waals surface area contributed by atoms with Crippen molar-refractivity contribution in [3.8, 4) is 0 Å². The smallest absolute Gasteiger partial charge is 0.408 e. The minimum atomic E-state index is -1.09. The Morgan fingerprint density at radius 2 is 1.75 bits per heavy atom. The fourth-order valence-corrected chi connectivity index (χ4v) is 1.78. The average molecular weight is 279 g/mol. The summed E-state index contributed by atoms with van der Waals surface area (Å²) in [6.07, 6.45) is -0.729. The van der Waals surface area contributed by atoms with Crippen LogP contribution in [0.3, 0.4) is 0 Å². The Hall–Kier alpha value is -2.04. The maximum absolute atomic E-state index is 11.7. The number of aliphatic carboxylic acids is 1. The van der Waals surface area contributed by atoms with E-state index in [1.54, 1.807) is 27.7 Å². The molecule has 0 radical (unpaired) electrons. The quantitative estimate of drug-likeness (QED) is 0.888. The SMILES string of the molecule is C[C@@H](c1ccccc1)[C@@H](NC(=O)OC(C)(C)C)C(=O)O. The van der Waals surface area contributed by atoms with Gasteiger partial charge in [-0.15, -0.1) is 0 Å². The number of carboxylic acid groups (broad SMARTS) is 1. The fraction of sp³-hybridized carbons (Fsp3) is 0.467. The van der Waals surface area contributed by atoms with Gasteiger partial charge in [-0.25, -0.2) is 9.59 Å². The molecular formula is C15H21NO4. The summed E-state index contributed by atoms with van der Waals surface area (Å²) in [7, 11) is 0. The number of carbonyl (C=O) groups is 2. The van der Waals surface area contributed by atoms with Crippen LogP contribution in [0.2, 0.25) is 0 Å². The molecule has 0 aliphatic carbocycles. The van der Waals surface area contributed by atoms with E-state index in [2.05, 4.69) is 5.32 Å². The van der Waals surface area contributed by atoms with Gasteiger partial charge < -0.3 is 15.2 Å². The first-order valence-electron chi connectivity index (χ1n) is 6.48. The van der Waals surface area contributed by atoms with Gasteiger partial charge in [0.1, 0.15) is 11.6 Å². The molecule has 0 aromatic heterocycles. The zero-order valence-corrected chi connectivity index (χ0v) is 12.2. The van der Waals surface area contributed by atoms with Crippen molar-refractivity contribution in [2.45, 2.75) is 45.3 Å². The first kappa shape index (κ1) is 16.0. The molecule has 0 aliphatic rings. The van der Waals surface area contributed by atoms with Crippen LogP contribution in [0.15, 0.2) is 30.3 Å². The second-order valence-corrected chi connectivity index (χ2v) is 5.66. The van der Waals surface area contributed by atoms with Crippen LogP contribution in [0, 0.1) is 0 Å². The first-order valence-corrected chi connectivity index (χ1v) is 6.48. The summed E-state index contributed by atoms with van der Waals surface area (Å²) in [6, 6.07) is 8.14. The number of hydrogen-bond donors (Lipinski definition) is 2. The van der Waals surface area contributed by atoms with Crippen LogP contribution < -0.4 is 5.32 Å². The fourth-order valence-electron chi connectivity index (χ4n) is 1.78. The second-order valence-electron chi connectivity index (χ2n) is 5.66. The van der Waals surface area contributed by atoms with Crippen molar-refractivity contribution >= 4 is 12.1 Å². The van der Waals surface area contributed by atoms with E-state index in [1.165, 1.54) is 0 Å². The van der Waals surface area contributed by atoms with E-state index in [9.17, 15) is 14.7 Å². The third-order valence-electron chi connectivity index (χ3n) is 2.76. The minimum Gasteiger partial charge on any atom is -0.480 e. The minimum absolute atomic E-state index is 0.360. The summed E-state index contributed by atoms with van der Waals surface area (Å²) in [4.78, 5) is 23.1. The maximum atomic E-state index is 11.7. The van der Waals surface area contributed by atoms with E-state index >= 15 is 0 Å². The van der Waals surface area contributed by atoms with Gasteiger partial charge in [0.05, 0.1) is 0 Å². The van der Waals surface area contributed by atoms with Crippen LogP contribution in [0.25, 0.3) is 0 Å². The monoisotopic (exact) mass is 279 g/mol. The molecule has 0 bridgehead atoms. The van der Waals surface area contributed by atoms with Gasteiger partial charge in [0, 0.05) is 5.92 Å². The predicted octanol–water partition coefficient (Wildman–Crippen LogP) is 2.77. The Kier molecular flexibility index (Phi) is 5.13. The largest absolute Gasteiger partial charge is 0.480 e. The van der Waals surface area contributed by atoms with Crippen molar-refractivity contribution in [1.29, 1.82) is 0 Å². The van der Waals surface area contributed by atoms with Gasteiger partial charge in [-0.2, -0.15) is 0 Å². The molecule has 0 saturated heterocycles. The third kappa shape index (κ3) is 4.91. The van der Waals surface area contributed by atoms with Gasteiger partial charge in [-0.3, -0.25) is 0 Å². The third-order valence-corrected chi connectivity index (χ3v) is 2.76. The summed E-state index contributed by atoms with van der Waals surface area (Å²) >= 11 is 0. The Bertz CT molecular complexity index is 465. The number of hydrogen-bond acceptors (Lipinski definition) is 3. The molecule has 1 amide bonds. The second kappa shape index (κ2) is 6.41. The molecule has 1 aromatic rings. The molecule has 0 heterocycles. The number of carbonyl (C=O) groups excluding carboxylic acids is 1. The number of amides is 1. The lowest BCUT2D eigenvalue weighted by Crippen LogP contribution is -2.46. The number of ether oxygens (including phenoxy) is 1. The summed E-state index contributed by atoms with van der Waals surface area (Å²) in [5.41, 5.74) is 0.180. The number of carboxylic acids is 1. The molecule has 5 heteroatoms. The highest BCUT2D eigenvalue weighted by atomic mass is 16.6. The number of rotatable bonds is 4. The molecule has 110 valence electrons. The lowest BCUT2D eigenvalue weighted by Gasteiger charge is -2.25. The van der Waals surface area contributed by atoms with Crippen LogP contribution >= 0.6 is 0 Å². The van der Waals surface area contributed by atoms with Crippen molar-refractivity contribution in [2.75, 3.05) is 0 Å². The van der Waals surface area contributed by atoms with Gasteiger partial charge in [0.25, 0.3) is 0 Å². The Morgan fingerprint density at radius 1 is 1.20 bits per heavy atom. The van der Waals surface area contributed by atoms with Crippen molar-refractivity contribution < 1.29 is 19.4 Å². The topological polar surface area (TPSA) is 75.6 Å². The van der Waals surface area contributed by atoms with Gasteiger partial charge >= 0.3 is 12.1 Å². The highest BCUT2D eigenvalue weighted by molar-refractivity contribution is 5.81.